The first-order valence-electron chi connectivity index (χ1n) is 8.48. The number of carbonyl (C=O) groups is 1. The molecule has 0 aliphatic rings. The summed E-state index contributed by atoms with van der Waals surface area (Å²) in [5.41, 5.74) is 0.256. The lowest BCUT2D eigenvalue weighted by molar-refractivity contribution is -0.384. The number of amides is 1. The van der Waals surface area contributed by atoms with Crippen molar-refractivity contribution in [1.29, 1.82) is 0 Å². The maximum atomic E-state index is 12.7. The third kappa shape index (κ3) is 4.46. The summed E-state index contributed by atoms with van der Waals surface area (Å²) in [6, 6.07) is 9.35. The molecule has 0 spiro atoms. The number of hydrogen-bond acceptors (Lipinski definition) is 6. The van der Waals surface area contributed by atoms with Gasteiger partial charge in [-0.25, -0.2) is 8.42 Å². The Bertz CT molecular complexity index is 969. The van der Waals surface area contributed by atoms with E-state index in [1.54, 1.807) is 13.8 Å². The van der Waals surface area contributed by atoms with E-state index in [0.29, 0.717) is 18.8 Å². The molecule has 0 saturated carbocycles. The van der Waals surface area contributed by atoms with E-state index in [-0.39, 0.29) is 21.9 Å². The number of carbonyl (C=O) groups excluding carboxylic acids is 1. The van der Waals surface area contributed by atoms with E-state index in [0.717, 1.165) is 0 Å². The normalized spacial score (nSPS) is 11.3. The highest BCUT2D eigenvalue weighted by molar-refractivity contribution is 7.89. The lowest BCUT2D eigenvalue weighted by Crippen LogP contribution is -2.30. The lowest BCUT2D eigenvalue weighted by atomic mass is 10.1. The van der Waals surface area contributed by atoms with Crippen molar-refractivity contribution in [3.63, 3.8) is 0 Å². The highest BCUT2D eigenvalue weighted by Crippen LogP contribution is 2.26. The molecule has 28 heavy (non-hydrogen) atoms. The van der Waals surface area contributed by atoms with Gasteiger partial charge in [-0.15, -0.1) is 0 Å². The molecule has 0 aromatic heterocycles. The van der Waals surface area contributed by atoms with Gasteiger partial charge in [0.25, 0.3) is 11.6 Å². The summed E-state index contributed by atoms with van der Waals surface area (Å²) in [7, 11) is -2.38. The molecule has 2 aromatic rings. The summed E-state index contributed by atoms with van der Waals surface area (Å²) in [6.45, 7) is 4.06. The van der Waals surface area contributed by atoms with Crippen molar-refractivity contribution in [2.45, 2.75) is 18.7 Å². The van der Waals surface area contributed by atoms with Crippen molar-refractivity contribution in [2.75, 3.05) is 25.5 Å². The number of methoxy groups -OCH3 is 1. The fourth-order valence-electron chi connectivity index (χ4n) is 2.60. The quantitative estimate of drug-likeness (QED) is 0.531. The SMILES string of the molecule is CCN(CC)S(=O)(=O)c1ccc(OC)c(C(=O)Nc2ccc([N+](=O)[O-])cc2)c1. The average Bonchev–Trinajstić information content (AvgIpc) is 2.68. The maximum Gasteiger partial charge on any atom is 0.269 e. The van der Waals surface area contributed by atoms with Crippen molar-refractivity contribution < 1.29 is 22.9 Å². The summed E-state index contributed by atoms with van der Waals surface area (Å²) in [5.74, 6) is -0.389. The smallest absolute Gasteiger partial charge is 0.269 e. The fraction of sp³-hybridized carbons (Fsp3) is 0.278. The maximum absolute atomic E-state index is 12.7. The number of ether oxygens (including phenoxy) is 1. The van der Waals surface area contributed by atoms with Crippen LogP contribution in [-0.2, 0) is 10.0 Å². The molecule has 1 amide bonds. The number of nitro groups is 1. The molecule has 0 unspecified atom stereocenters. The Hall–Kier alpha value is -2.98. The van der Waals surface area contributed by atoms with Crippen LogP contribution >= 0.6 is 0 Å². The summed E-state index contributed by atoms with van der Waals surface area (Å²) >= 11 is 0. The van der Waals surface area contributed by atoms with Crippen molar-refractivity contribution in [1.82, 2.24) is 4.31 Å². The second kappa shape index (κ2) is 8.81. The van der Waals surface area contributed by atoms with Crippen LogP contribution in [0.3, 0.4) is 0 Å². The fourth-order valence-corrected chi connectivity index (χ4v) is 4.09. The first-order valence-corrected chi connectivity index (χ1v) is 9.92. The van der Waals surface area contributed by atoms with Crippen molar-refractivity contribution >= 4 is 27.3 Å². The lowest BCUT2D eigenvalue weighted by Gasteiger charge is -2.19. The molecular formula is C18H21N3O6S. The molecule has 0 aliphatic carbocycles. The number of nitrogens with zero attached hydrogens (tertiary/aromatic N) is 2. The average molecular weight is 407 g/mol. The predicted octanol–water partition coefficient (Wildman–Crippen LogP) is 2.89. The minimum Gasteiger partial charge on any atom is -0.496 e. The molecule has 2 aromatic carbocycles. The number of nitro benzene ring substituents is 1. The molecule has 1 N–H and O–H groups in total. The van der Waals surface area contributed by atoms with Crippen LogP contribution in [0, 0.1) is 10.1 Å². The number of hydrogen-bond donors (Lipinski definition) is 1. The zero-order valence-electron chi connectivity index (χ0n) is 15.7. The molecule has 0 atom stereocenters. The van der Waals surface area contributed by atoms with Crippen LogP contribution in [0.25, 0.3) is 0 Å². The van der Waals surface area contributed by atoms with E-state index in [9.17, 15) is 23.3 Å². The predicted molar refractivity (Wildman–Crippen MR) is 104 cm³/mol. The van der Waals surface area contributed by atoms with E-state index in [1.807, 2.05) is 0 Å². The highest BCUT2D eigenvalue weighted by atomic mass is 32.2. The molecule has 0 aliphatic heterocycles. The summed E-state index contributed by atoms with van der Waals surface area (Å²) in [4.78, 5) is 22.8. The number of non-ortho nitro benzene ring substituents is 1. The minimum atomic E-state index is -3.75. The Labute approximate surface area is 163 Å². The Kier molecular flexibility index (Phi) is 6.71. The third-order valence-corrected chi connectivity index (χ3v) is 6.14. The van der Waals surface area contributed by atoms with E-state index in [2.05, 4.69) is 5.32 Å². The standard InChI is InChI=1S/C18H21N3O6S/c1-4-20(5-2)28(25,26)15-10-11-17(27-3)16(12-15)18(22)19-13-6-8-14(9-7-13)21(23)24/h6-12H,4-5H2,1-3H3,(H,19,22). The minimum absolute atomic E-state index is 0.0224. The second-order valence-corrected chi connectivity index (χ2v) is 7.65. The van der Waals surface area contributed by atoms with Gasteiger partial charge in [-0.3, -0.25) is 14.9 Å². The Morgan fingerprint density at radius 2 is 1.75 bits per heavy atom. The molecule has 150 valence electrons. The topological polar surface area (TPSA) is 119 Å². The molecule has 10 heteroatoms. The second-order valence-electron chi connectivity index (χ2n) is 5.71. The van der Waals surface area contributed by atoms with E-state index in [4.69, 9.17) is 4.74 Å². The van der Waals surface area contributed by atoms with E-state index < -0.39 is 20.9 Å². The number of sulfonamides is 1. The molecule has 9 nitrogen and oxygen atoms in total. The van der Waals surface area contributed by atoms with Crippen molar-refractivity contribution in [3.8, 4) is 5.75 Å². The van der Waals surface area contributed by atoms with Crippen LogP contribution in [-0.4, -0.2) is 43.8 Å². The van der Waals surface area contributed by atoms with Crippen LogP contribution < -0.4 is 10.1 Å². The van der Waals surface area contributed by atoms with Gasteiger partial charge >= 0.3 is 0 Å². The van der Waals surface area contributed by atoms with E-state index in [1.165, 1.54) is 53.9 Å². The monoisotopic (exact) mass is 407 g/mol. The largest absolute Gasteiger partial charge is 0.496 e. The van der Waals surface area contributed by atoms with Crippen LogP contribution in [0.4, 0.5) is 11.4 Å². The van der Waals surface area contributed by atoms with Gasteiger partial charge in [0.2, 0.25) is 10.0 Å². The van der Waals surface area contributed by atoms with Gasteiger partial charge in [-0.1, -0.05) is 13.8 Å². The van der Waals surface area contributed by atoms with Crippen molar-refractivity contribution in [2.24, 2.45) is 0 Å². The zero-order valence-corrected chi connectivity index (χ0v) is 16.5. The Morgan fingerprint density at radius 1 is 1.14 bits per heavy atom. The molecule has 0 saturated heterocycles. The summed E-state index contributed by atoms with van der Waals surface area (Å²) < 4.78 is 31.9. The Balaban J connectivity index is 2.37. The highest BCUT2D eigenvalue weighted by Gasteiger charge is 2.24. The molecule has 0 heterocycles. The van der Waals surface area contributed by atoms with Gasteiger partial charge < -0.3 is 10.1 Å². The first-order chi connectivity index (χ1) is 13.2. The molecular weight excluding hydrogens is 386 g/mol. The molecule has 0 bridgehead atoms. The Morgan fingerprint density at radius 3 is 2.25 bits per heavy atom. The van der Waals surface area contributed by atoms with Crippen LogP contribution in [0.5, 0.6) is 5.75 Å². The number of rotatable bonds is 8. The molecule has 0 radical (unpaired) electrons. The van der Waals surface area contributed by atoms with Gasteiger partial charge in [0.05, 0.1) is 22.5 Å². The number of anilines is 1. The van der Waals surface area contributed by atoms with E-state index >= 15 is 0 Å². The van der Waals surface area contributed by atoms with Crippen LogP contribution in [0.1, 0.15) is 24.2 Å². The third-order valence-electron chi connectivity index (χ3n) is 4.09. The number of nitrogens with one attached hydrogen (secondary N) is 1. The van der Waals surface area contributed by atoms with Gasteiger partial charge in [0, 0.05) is 30.9 Å². The van der Waals surface area contributed by atoms with Crippen LogP contribution in [0.15, 0.2) is 47.4 Å². The molecule has 0 fully saturated rings. The van der Waals surface area contributed by atoms with Crippen LogP contribution in [0.2, 0.25) is 0 Å². The van der Waals surface area contributed by atoms with Gasteiger partial charge in [0.1, 0.15) is 5.75 Å². The molecule has 2 rings (SSSR count). The first kappa shape index (κ1) is 21.3. The van der Waals surface area contributed by atoms with Gasteiger partial charge in [0.15, 0.2) is 0 Å². The summed E-state index contributed by atoms with van der Waals surface area (Å²) in [5, 5.41) is 13.3. The summed E-state index contributed by atoms with van der Waals surface area (Å²) in [6.07, 6.45) is 0. The van der Waals surface area contributed by atoms with Gasteiger partial charge in [-0.05, 0) is 30.3 Å². The van der Waals surface area contributed by atoms with Gasteiger partial charge in [-0.2, -0.15) is 4.31 Å². The van der Waals surface area contributed by atoms with Crippen molar-refractivity contribution in [3.05, 3.63) is 58.1 Å². The number of benzene rings is 2. The zero-order chi connectivity index (χ0) is 20.9.